The average Bonchev–Trinajstić information content (AvgIpc) is 3.09. The summed E-state index contributed by atoms with van der Waals surface area (Å²) >= 11 is 3.07. The van der Waals surface area contributed by atoms with Crippen LogP contribution in [0.5, 0.6) is 0 Å². The van der Waals surface area contributed by atoms with E-state index < -0.39 is 5.97 Å². The van der Waals surface area contributed by atoms with E-state index in [-0.39, 0.29) is 11.0 Å². The number of aromatic nitrogens is 3. The average molecular weight is 418 g/mol. The zero-order valence-electron chi connectivity index (χ0n) is 17.0. The highest BCUT2D eigenvalue weighted by Gasteiger charge is 2.27. The summed E-state index contributed by atoms with van der Waals surface area (Å²) in [5.74, 6) is 0.175. The van der Waals surface area contributed by atoms with E-state index in [2.05, 4.69) is 28.8 Å². The lowest BCUT2D eigenvalue weighted by Crippen LogP contribution is -2.16. The maximum atomic E-state index is 13.1. The van der Waals surface area contributed by atoms with Crippen LogP contribution in [0.15, 0.2) is 5.03 Å². The van der Waals surface area contributed by atoms with E-state index in [1.54, 1.807) is 25.2 Å². The fourth-order valence-corrected chi connectivity index (χ4v) is 5.48. The van der Waals surface area contributed by atoms with Crippen molar-refractivity contribution < 1.29 is 14.3 Å². The smallest absolute Gasteiger partial charge is 0.339 e. The number of thioether (sulfide) groups is 1. The van der Waals surface area contributed by atoms with Gasteiger partial charge in [0.2, 0.25) is 0 Å². The number of esters is 1. The Hall–Kier alpha value is -2.19. The molecule has 0 saturated carbocycles. The third-order valence-corrected chi connectivity index (χ3v) is 7.03. The Kier molecular flexibility index (Phi) is 5.63. The number of ether oxygens (including phenoxy) is 1. The number of Topliss-reactive ketones (excluding diaryl/α,β-unsaturated/α-hetero) is 1. The Bertz CT molecular complexity index is 1100. The van der Waals surface area contributed by atoms with Crippen molar-refractivity contribution in [3.8, 4) is 0 Å². The molecule has 1 N–H and O–H groups in total. The van der Waals surface area contributed by atoms with Crippen molar-refractivity contribution >= 4 is 45.1 Å². The highest BCUT2D eigenvalue weighted by Crippen LogP contribution is 2.37. The second-order valence-corrected chi connectivity index (χ2v) is 9.31. The van der Waals surface area contributed by atoms with E-state index in [0.29, 0.717) is 28.3 Å². The van der Waals surface area contributed by atoms with Crippen molar-refractivity contribution in [1.29, 1.82) is 0 Å². The SMILES string of the molecule is COC(=O)c1c(C)[nH]c(C(=O)[C@@H](C)Sc2nc(C)nc3sc(C)c(C)c23)c1C. The summed E-state index contributed by atoms with van der Waals surface area (Å²) in [5, 5.41) is 1.46. The number of rotatable bonds is 5. The fourth-order valence-electron chi connectivity index (χ4n) is 3.23. The summed E-state index contributed by atoms with van der Waals surface area (Å²) in [5.41, 5.74) is 3.27. The summed E-state index contributed by atoms with van der Waals surface area (Å²) < 4.78 is 4.83. The molecule has 0 amide bonds. The fraction of sp³-hybridized carbons (Fsp3) is 0.400. The number of nitrogens with zero attached hydrogens (tertiary/aromatic N) is 2. The molecule has 0 unspecified atom stereocenters. The van der Waals surface area contributed by atoms with Crippen LogP contribution < -0.4 is 0 Å². The summed E-state index contributed by atoms with van der Waals surface area (Å²) in [6, 6.07) is 0. The number of hydrogen-bond acceptors (Lipinski definition) is 7. The predicted molar refractivity (Wildman–Crippen MR) is 113 cm³/mol. The van der Waals surface area contributed by atoms with Crippen LogP contribution in [0, 0.1) is 34.6 Å². The van der Waals surface area contributed by atoms with Crippen molar-refractivity contribution in [2.75, 3.05) is 7.11 Å². The van der Waals surface area contributed by atoms with Gasteiger partial charge in [-0.15, -0.1) is 11.3 Å². The van der Waals surface area contributed by atoms with Crippen molar-refractivity contribution in [3.63, 3.8) is 0 Å². The van der Waals surface area contributed by atoms with E-state index in [4.69, 9.17) is 4.74 Å². The molecule has 0 aliphatic carbocycles. The molecule has 0 aliphatic heterocycles. The minimum Gasteiger partial charge on any atom is -0.465 e. The zero-order valence-corrected chi connectivity index (χ0v) is 18.6. The molecule has 0 bridgehead atoms. The first-order valence-electron chi connectivity index (χ1n) is 8.88. The van der Waals surface area contributed by atoms with Crippen LogP contribution in [0.4, 0.5) is 0 Å². The molecule has 28 heavy (non-hydrogen) atoms. The van der Waals surface area contributed by atoms with Gasteiger partial charge in [0.1, 0.15) is 15.7 Å². The van der Waals surface area contributed by atoms with Gasteiger partial charge in [0.15, 0.2) is 5.78 Å². The normalized spacial score (nSPS) is 12.4. The Morgan fingerprint density at radius 2 is 1.79 bits per heavy atom. The van der Waals surface area contributed by atoms with Crippen LogP contribution in [0.3, 0.4) is 0 Å². The first kappa shape index (κ1) is 20.5. The van der Waals surface area contributed by atoms with Crippen LogP contribution in [-0.4, -0.2) is 39.1 Å². The van der Waals surface area contributed by atoms with E-state index in [9.17, 15) is 9.59 Å². The Balaban J connectivity index is 1.96. The van der Waals surface area contributed by atoms with Crippen LogP contribution in [0.2, 0.25) is 0 Å². The molecule has 6 nitrogen and oxygen atoms in total. The van der Waals surface area contributed by atoms with Gasteiger partial charge in [-0.3, -0.25) is 4.79 Å². The van der Waals surface area contributed by atoms with Crippen LogP contribution >= 0.6 is 23.1 Å². The molecule has 3 aromatic rings. The van der Waals surface area contributed by atoms with Crippen molar-refractivity contribution in [2.24, 2.45) is 0 Å². The lowest BCUT2D eigenvalue weighted by molar-refractivity contribution is 0.0599. The zero-order chi connectivity index (χ0) is 20.7. The molecule has 3 rings (SSSR count). The molecule has 0 saturated heterocycles. The number of aromatic amines is 1. The summed E-state index contributed by atoms with van der Waals surface area (Å²) in [6.07, 6.45) is 0. The van der Waals surface area contributed by atoms with Gasteiger partial charge < -0.3 is 9.72 Å². The highest BCUT2D eigenvalue weighted by atomic mass is 32.2. The van der Waals surface area contributed by atoms with E-state index >= 15 is 0 Å². The number of carbonyl (C=O) groups excluding carboxylic acids is 2. The van der Waals surface area contributed by atoms with Gasteiger partial charge in [-0.25, -0.2) is 14.8 Å². The monoisotopic (exact) mass is 417 g/mol. The van der Waals surface area contributed by atoms with Gasteiger partial charge in [0.05, 0.1) is 23.6 Å². The van der Waals surface area contributed by atoms with Gasteiger partial charge in [0, 0.05) is 16.0 Å². The van der Waals surface area contributed by atoms with E-state index in [1.165, 1.54) is 23.7 Å². The number of thiophene rings is 1. The minimum absolute atomic E-state index is 0.0743. The van der Waals surface area contributed by atoms with Crippen molar-refractivity contribution in [3.05, 3.63) is 38.8 Å². The molecule has 8 heteroatoms. The highest BCUT2D eigenvalue weighted by molar-refractivity contribution is 8.00. The molecule has 0 radical (unpaired) electrons. The number of methoxy groups -OCH3 is 1. The molecule has 148 valence electrons. The van der Waals surface area contributed by atoms with Gasteiger partial charge in [-0.1, -0.05) is 11.8 Å². The van der Waals surface area contributed by atoms with Gasteiger partial charge in [-0.05, 0) is 52.7 Å². The molecule has 3 aromatic heterocycles. The molecule has 1 atom stereocenters. The van der Waals surface area contributed by atoms with Crippen LogP contribution in [0.1, 0.15) is 55.3 Å². The van der Waals surface area contributed by atoms with Gasteiger partial charge in [-0.2, -0.15) is 0 Å². The maximum absolute atomic E-state index is 13.1. The third kappa shape index (κ3) is 3.46. The minimum atomic E-state index is -0.442. The van der Waals surface area contributed by atoms with Crippen molar-refractivity contribution in [2.45, 2.75) is 51.8 Å². The largest absolute Gasteiger partial charge is 0.465 e. The first-order valence-corrected chi connectivity index (χ1v) is 10.6. The molecule has 3 heterocycles. The topological polar surface area (TPSA) is 84.9 Å². The van der Waals surface area contributed by atoms with Crippen LogP contribution in [0.25, 0.3) is 10.2 Å². The van der Waals surface area contributed by atoms with E-state index in [0.717, 1.165) is 20.8 Å². The van der Waals surface area contributed by atoms with Crippen LogP contribution in [-0.2, 0) is 4.74 Å². The van der Waals surface area contributed by atoms with Gasteiger partial charge in [0.25, 0.3) is 0 Å². The second-order valence-electron chi connectivity index (χ2n) is 6.78. The molecular formula is C20H23N3O3S2. The van der Waals surface area contributed by atoms with Gasteiger partial charge >= 0.3 is 5.97 Å². The molecular weight excluding hydrogens is 394 g/mol. The number of fused-ring (bicyclic) bond motifs is 1. The lowest BCUT2D eigenvalue weighted by Gasteiger charge is -2.11. The number of carbonyl (C=O) groups is 2. The Morgan fingerprint density at radius 1 is 1.11 bits per heavy atom. The maximum Gasteiger partial charge on any atom is 0.339 e. The summed E-state index contributed by atoms with van der Waals surface area (Å²) in [7, 11) is 1.34. The first-order chi connectivity index (χ1) is 13.1. The number of aryl methyl sites for hydroxylation is 4. The lowest BCUT2D eigenvalue weighted by atomic mass is 10.1. The number of H-pyrrole nitrogens is 1. The predicted octanol–water partition coefficient (Wildman–Crippen LogP) is 4.71. The van der Waals surface area contributed by atoms with Crippen molar-refractivity contribution in [1.82, 2.24) is 15.0 Å². The third-order valence-electron chi connectivity index (χ3n) is 4.84. The molecule has 0 aliphatic rings. The van der Waals surface area contributed by atoms with E-state index in [1.807, 2.05) is 13.8 Å². The number of ketones is 1. The second kappa shape index (κ2) is 7.67. The Labute approximate surface area is 172 Å². The number of hydrogen-bond donors (Lipinski definition) is 1. The summed E-state index contributed by atoms with van der Waals surface area (Å²) in [4.78, 5) is 39.5. The quantitative estimate of drug-likeness (QED) is 0.280. The molecule has 0 spiro atoms. The molecule has 0 fully saturated rings. The standard InChI is InChI=1S/C20H23N3O3S2/c1-8-11(4)27-18-15(8)19(23-13(6)22-18)28-12(5)17(24)16-9(2)14(10(3)21-16)20(25)26-7/h12,21H,1-7H3/t12-/m1/s1. The molecule has 0 aromatic carbocycles. The number of nitrogens with one attached hydrogen (secondary N) is 1. The summed E-state index contributed by atoms with van der Waals surface area (Å²) in [6.45, 7) is 11.4. The Morgan fingerprint density at radius 3 is 2.43 bits per heavy atom.